The van der Waals surface area contributed by atoms with Crippen molar-refractivity contribution in [1.82, 2.24) is 15.0 Å². The van der Waals surface area contributed by atoms with Crippen molar-refractivity contribution in [2.45, 2.75) is 99.1 Å². The Balaban J connectivity index is 2.57. The van der Waals surface area contributed by atoms with Crippen LogP contribution in [0.15, 0.2) is 6.20 Å². The van der Waals surface area contributed by atoms with Crippen molar-refractivity contribution in [2.75, 3.05) is 0 Å². The highest BCUT2D eigenvalue weighted by atomic mass is 16.3. The summed E-state index contributed by atoms with van der Waals surface area (Å²) in [5, 5.41) is 19.2. The van der Waals surface area contributed by atoms with Crippen molar-refractivity contribution in [3.05, 3.63) is 11.9 Å². The van der Waals surface area contributed by atoms with Crippen LogP contribution in [0.2, 0.25) is 0 Å². The standard InChI is InChI=1S/C19H37N3O/c1-8-19(23,18(5,6)7)15-22-16(14-20-21-22)12-10-9-11-13-17(2,3)4/h14,23H,8-13,15H2,1-7H3. The summed E-state index contributed by atoms with van der Waals surface area (Å²) in [4.78, 5) is 0. The van der Waals surface area contributed by atoms with Crippen molar-refractivity contribution in [2.24, 2.45) is 10.8 Å². The van der Waals surface area contributed by atoms with Gasteiger partial charge in [-0.15, -0.1) is 5.10 Å². The van der Waals surface area contributed by atoms with Crippen LogP contribution in [-0.4, -0.2) is 25.7 Å². The van der Waals surface area contributed by atoms with Gasteiger partial charge in [0.25, 0.3) is 0 Å². The first kappa shape index (κ1) is 20.1. The first-order valence-electron chi connectivity index (χ1n) is 9.08. The average molecular weight is 324 g/mol. The minimum atomic E-state index is -0.762. The summed E-state index contributed by atoms with van der Waals surface area (Å²) in [6, 6.07) is 0. The van der Waals surface area contributed by atoms with Crippen LogP contribution in [0, 0.1) is 10.8 Å². The fourth-order valence-electron chi connectivity index (χ4n) is 2.87. The second kappa shape index (κ2) is 7.78. The van der Waals surface area contributed by atoms with Crippen LogP contribution in [0.3, 0.4) is 0 Å². The highest BCUT2D eigenvalue weighted by molar-refractivity contribution is 4.98. The van der Waals surface area contributed by atoms with E-state index in [1.54, 1.807) is 0 Å². The van der Waals surface area contributed by atoms with E-state index in [4.69, 9.17) is 0 Å². The molecule has 0 saturated heterocycles. The molecule has 23 heavy (non-hydrogen) atoms. The van der Waals surface area contributed by atoms with Crippen molar-refractivity contribution in [3.63, 3.8) is 0 Å². The molecule has 1 heterocycles. The molecule has 4 heteroatoms. The van der Waals surface area contributed by atoms with E-state index in [-0.39, 0.29) is 5.41 Å². The Morgan fingerprint density at radius 3 is 2.22 bits per heavy atom. The zero-order valence-electron chi connectivity index (χ0n) is 16.3. The van der Waals surface area contributed by atoms with E-state index in [1.807, 2.05) is 17.8 Å². The lowest BCUT2D eigenvalue weighted by Gasteiger charge is -2.39. The average Bonchev–Trinajstić information content (AvgIpc) is 2.83. The molecule has 0 fully saturated rings. The van der Waals surface area contributed by atoms with Crippen LogP contribution in [-0.2, 0) is 13.0 Å². The van der Waals surface area contributed by atoms with Gasteiger partial charge in [0.15, 0.2) is 0 Å². The normalized spacial score (nSPS) is 15.7. The van der Waals surface area contributed by atoms with E-state index in [0.717, 1.165) is 18.5 Å². The summed E-state index contributed by atoms with van der Waals surface area (Å²) >= 11 is 0. The highest BCUT2D eigenvalue weighted by Gasteiger charge is 2.39. The zero-order valence-corrected chi connectivity index (χ0v) is 16.3. The highest BCUT2D eigenvalue weighted by Crippen LogP contribution is 2.34. The Bertz CT molecular complexity index is 468. The SMILES string of the molecule is CCC(O)(Cn1nncc1CCCCCC(C)(C)C)C(C)(C)C. The third-order valence-corrected chi connectivity index (χ3v) is 4.95. The summed E-state index contributed by atoms with van der Waals surface area (Å²) in [6.45, 7) is 15.7. The minimum Gasteiger partial charge on any atom is -0.387 e. The van der Waals surface area contributed by atoms with E-state index >= 15 is 0 Å². The van der Waals surface area contributed by atoms with Crippen LogP contribution in [0.5, 0.6) is 0 Å². The van der Waals surface area contributed by atoms with Crippen molar-refractivity contribution >= 4 is 0 Å². The quantitative estimate of drug-likeness (QED) is 0.710. The van der Waals surface area contributed by atoms with E-state index < -0.39 is 5.60 Å². The number of aryl methyl sites for hydroxylation is 1. The van der Waals surface area contributed by atoms with Gasteiger partial charge in [-0.3, -0.25) is 0 Å². The van der Waals surface area contributed by atoms with Crippen LogP contribution < -0.4 is 0 Å². The molecule has 1 rings (SSSR count). The molecule has 0 spiro atoms. The Kier molecular flexibility index (Phi) is 6.81. The van der Waals surface area contributed by atoms with Gasteiger partial charge in [-0.25, -0.2) is 4.68 Å². The molecule has 1 N–H and O–H groups in total. The Labute approximate surface area is 142 Å². The number of hydrogen-bond acceptors (Lipinski definition) is 3. The maximum atomic E-state index is 11.0. The Hall–Kier alpha value is -0.900. The van der Waals surface area contributed by atoms with Crippen LogP contribution in [0.25, 0.3) is 0 Å². The molecule has 1 aromatic rings. The smallest absolute Gasteiger partial charge is 0.0888 e. The van der Waals surface area contributed by atoms with Crippen molar-refractivity contribution in [3.8, 4) is 0 Å². The molecule has 0 saturated carbocycles. The van der Waals surface area contributed by atoms with E-state index in [0.29, 0.717) is 18.4 Å². The van der Waals surface area contributed by atoms with Gasteiger partial charge in [-0.1, -0.05) is 66.5 Å². The lowest BCUT2D eigenvalue weighted by atomic mass is 9.74. The fourth-order valence-corrected chi connectivity index (χ4v) is 2.87. The van der Waals surface area contributed by atoms with Crippen LogP contribution in [0.1, 0.15) is 86.3 Å². The Morgan fingerprint density at radius 1 is 1.04 bits per heavy atom. The molecule has 134 valence electrons. The predicted octanol–water partition coefficient (Wildman–Crippen LogP) is 4.61. The van der Waals surface area contributed by atoms with Gasteiger partial charge >= 0.3 is 0 Å². The molecule has 1 unspecified atom stereocenters. The summed E-state index contributed by atoms with van der Waals surface area (Å²) < 4.78 is 1.90. The Morgan fingerprint density at radius 2 is 1.70 bits per heavy atom. The molecule has 1 aromatic heterocycles. The largest absolute Gasteiger partial charge is 0.387 e. The summed E-state index contributed by atoms with van der Waals surface area (Å²) in [7, 11) is 0. The van der Waals surface area contributed by atoms with Crippen LogP contribution in [0.4, 0.5) is 0 Å². The lowest BCUT2D eigenvalue weighted by Crippen LogP contribution is -2.46. The van der Waals surface area contributed by atoms with Gasteiger partial charge in [-0.2, -0.15) is 0 Å². The molecule has 0 aliphatic heterocycles. The summed E-state index contributed by atoms with van der Waals surface area (Å²) in [5.74, 6) is 0. The molecule has 4 nitrogen and oxygen atoms in total. The van der Waals surface area contributed by atoms with Crippen molar-refractivity contribution < 1.29 is 5.11 Å². The molecule has 0 radical (unpaired) electrons. The van der Waals surface area contributed by atoms with Crippen molar-refractivity contribution in [1.29, 1.82) is 0 Å². The summed E-state index contributed by atoms with van der Waals surface area (Å²) in [5.41, 5.74) is 0.615. The molecule has 0 aliphatic carbocycles. The number of rotatable bonds is 8. The van der Waals surface area contributed by atoms with Gasteiger partial charge in [-0.05, 0) is 36.5 Å². The van der Waals surface area contributed by atoms with Gasteiger partial charge in [0.2, 0.25) is 0 Å². The summed E-state index contributed by atoms with van der Waals surface area (Å²) in [6.07, 6.45) is 8.48. The molecule has 0 aliphatic rings. The van der Waals surface area contributed by atoms with Crippen LogP contribution >= 0.6 is 0 Å². The van der Waals surface area contributed by atoms with Gasteiger partial charge < -0.3 is 5.11 Å². The minimum absolute atomic E-state index is 0.183. The van der Waals surface area contributed by atoms with Gasteiger partial charge in [0, 0.05) is 0 Å². The molecular weight excluding hydrogens is 286 g/mol. The molecular formula is C19H37N3O. The second-order valence-corrected chi connectivity index (χ2v) is 9.14. The number of hydrogen-bond donors (Lipinski definition) is 1. The molecule has 0 amide bonds. The first-order valence-corrected chi connectivity index (χ1v) is 9.08. The first-order chi connectivity index (χ1) is 10.5. The predicted molar refractivity (Wildman–Crippen MR) is 96.3 cm³/mol. The topological polar surface area (TPSA) is 50.9 Å². The molecule has 0 aromatic carbocycles. The number of nitrogens with zero attached hydrogens (tertiary/aromatic N) is 3. The van der Waals surface area contributed by atoms with E-state index in [9.17, 15) is 5.11 Å². The maximum Gasteiger partial charge on any atom is 0.0888 e. The number of aliphatic hydroxyl groups is 1. The monoisotopic (exact) mass is 323 g/mol. The number of aromatic nitrogens is 3. The van der Waals surface area contributed by atoms with E-state index in [1.165, 1.54) is 19.3 Å². The zero-order chi connectivity index (χ0) is 17.7. The third-order valence-electron chi connectivity index (χ3n) is 4.95. The second-order valence-electron chi connectivity index (χ2n) is 9.14. The molecule has 0 bridgehead atoms. The lowest BCUT2D eigenvalue weighted by molar-refractivity contribution is -0.0770. The maximum absolute atomic E-state index is 11.0. The van der Waals surface area contributed by atoms with E-state index in [2.05, 4.69) is 51.9 Å². The number of unbranched alkanes of at least 4 members (excludes halogenated alkanes) is 2. The van der Waals surface area contributed by atoms with Gasteiger partial charge in [0.05, 0.1) is 24.0 Å². The third kappa shape index (κ3) is 6.25. The van der Waals surface area contributed by atoms with Gasteiger partial charge in [0.1, 0.15) is 0 Å². The fraction of sp³-hybridized carbons (Fsp3) is 0.895. The molecule has 1 atom stereocenters.